The molecule has 0 radical (unpaired) electrons. The van der Waals surface area contributed by atoms with Gasteiger partial charge in [-0.2, -0.15) is 0 Å². The molecular weight excluding hydrogens is 274 g/mol. The first kappa shape index (κ1) is 12.9. The van der Waals surface area contributed by atoms with Crippen molar-refractivity contribution >= 4 is 38.0 Å². The minimum Gasteiger partial charge on any atom is -0.495 e. The van der Waals surface area contributed by atoms with Crippen LogP contribution in [0.3, 0.4) is 0 Å². The number of nitrogens with zero attached hydrogens (tertiary/aromatic N) is 1. The number of thiophene rings is 1. The maximum Gasteiger partial charge on any atom is 0.169 e. The molecule has 0 aliphatic carbocycles. The van der Waals surface area contributed by atoms with Crippen LogP contribution < -0.4 is 9.47 Å². The molecule has 0 fully saturated rings. The van der Waals surface area contributed by atoms with Crippen LogP contribution in [0.2, 0.25) is 0 Å². The summed E-state index contributed by atoms with van der Waals surface area (Å²) in [5.74, 6) is 1.53. The highest BCUT2D eigenvalue weighted by Gasteiger charge is 2.19. The van der Waals surface area contributed by atoms with Gasteiger partial charge in [-0.3, -0.25) is 9.78 Å². The van der Waals surface area contributed by atoms with E-state index in [1.165, 1.54) is 11.3 Å². The fourth-order valence-corrected chi connectivity index (χ4v) is 3.45. The molecule has 1 aromatic carbocycles. The molecule has 3 rings (SSSR count). The molecule has 2 heterocycles. The summed E-state index contributed by atoms with van der Waals surface area (Å²) in [5.41, 5.74) is 0. The third-order valence-electron chi connectivity index (χ3n) is 3.25. The zero-order valence-electron chi connectivity index (χ0n) is 11.4. The van der Waals surface area contributed by atoms with Gasteiger partial charge in [-0.05, 0) is 19.1 Å². The summed E-state index contributed by atoms with van der Waals surface area (Å²) in [6.07, 6.45) is 3.47. The van der Waals surface area contributed by atoms with Crippen molar-refractivity contribution in [2.24, 2.45) is 0 Å². The molecule has 0 atom stereocenters. The number of benzene rings is 1. The Morgan fingerprint density at radius 3 is 2.55 bits per heavy atom. The van der Waals surface area contributed by atoms with Gasteiger partial charge < -0.3 is 9.47 Å². The van der Waals surface area contributed by atoms with Gasteiger partial charge in [-0.25, -0.2) is 0 Å². The summed E-state index contributed by atoms with van der Waals surface area (Å²) in [4.78, 5) is 16.5. The minimum absolute atomic E-state index is 0.0393. The molecule has 0 aliphatic heterocycles. The van der Waals surface area contributed by atoms with Crippen LogP contribution in [0.15, 0.2) is 24.5 Å². The van der Waals surface area contributed by atoms with Crippen LogP contribution >= 0.6 is 11.3 Å². The highest BCUT2D eigenvalue weighted by atomic mass is 32.1. The van der Waals surface area contributed by atoms with Gasteiger partial charge in [-0.15, -0.1) is 11.3 Å². The minimum atomic E-state index is 0.0393. The molecule has 3 aromatic rings. The number of rotatable bonds is 3. The molecule has 20 heavy (non-hydrogen) atoms. The molecule has 0 saturated heterocycles. The van der Waals surface area contributed by atoms with Gasteiger partial charge in [-0.1, -0.05) is 0 Å². The number of Topliss-reactive ketones (excluding diaryl/α,β-unsaturated/α-hetero) is 1. The van der Waals surface area contributed by atoms with Crippen molar-refractivity contribution in [3.63, 3.8) is 0 Å². The van der Waals surface area contributed by atoms with Crippen molar-refractivity contribution in [2.75, 3.05) is 14.2 Å². The molecule has 0 spiro atoms. The van der Waals surface area contributed by atoms with Gasteiger partial charge >= 0.3 is 0 Å². The average Bonchev–Trinajstić information content (AvgIpc) is 2.89. The first-order valence-electron chi connectivity index (χ1n) is 6.09. The van der Waals surface area contributed by atoms with E-state index < -0.39 is 0 Å². The standard InChI is InChI=1S/C15H13NO3S/c1-8(17)12-6-10-13(18-2)9-4-5-16-7-11(9)14(19-3)15(10)20-12/h4-7H,1-3H3. The number of ketones is 1. The van der Waals surface area contributed by atoms with E-state index in [0.717, 1.165) is 32.4 Å². The summed E-state index contributed by atoms with van der Waals surface area (Å²) in [6, 6.07) is 3.75. The Labute approximate surface area is 120 Å². The first-order valence-corrected chi connectivity index (χ1v) is 6.91. The van der Waals surface area contributed by atoms with Crippen molar-refractivity contribution in [2.45, 2.75) is 6.92 Å². The van der Waals surface area contributed by atoms with E-state index in [9.17, 15) is 4.79 Å². The Morgan fingerprint density at radius 2 is 1.90 bits per heavy atom. The van der Waals surface area contributed by atoms with Gasteiger partial charge in [0, 0.05) is 28.6 Å². The highest BCUT2D eigenvalue weighted by Crippen LogP contribution is 2.45. The van der Waals surface area contributed by atoms with Crippen LogP contribution in [0.4, 0.5) is 0 Å². The summed E-state index contributed by atoms with van der Waals surface area (Å²) in [5, 5.41) is 2.72. The van der Waals surface area contributed by atoms with Crippen molar-refractivity contribution in [1.29, 1.82) is 0 Å². The fraction of sp³-hybridized carbons (Fsp3) is 0.200. The van der Waals surface area contributed by atoms with E-state index in [-0.39, 0.29) is 5.78 Å². The van der Waals surface area contributed by atoms with Crippen molar-refractivity contribution in [3.05, 3.63) is 29.4 Å². The second-order valence-electron chi connectivity index (χ2n) is 4.40. The molecule has 0 saturated carbocycles. The topological polar surface area (TPSA) is 48.4 Å². The molecule has 2 aromatic heterocycles. The monoisotopic (exact) mass is 287 g/mol. The predicted octanol–water partition coefficient (Wildman–Crippen LogP) is 3.67. The number of methoxy groups -OCH3 is 2. The van der Waals surface area contributed by atoms with Crippen LogP contribution in [0.1, 0.15) is 16.6 Å². The van der Waals surface area contributed by atoms with Gasteiger partial charge in [0.1, 0.15) is 11.5 Å². The largest absolute Gasteiger partial charge is 0.495 e. The van der Waals surface area contributed by atoms with Crippen LogP contribution in [0, 0.1) is 0 Å². The molecule has 0 N–H and O–H groups in total. The van der Waals surface area contributed by atoms with Gasteiger partial charge in [0.25, 0.3) is 0 Å². The van der Waals surface area contributed by atoms with E-state index in [1.807, 2.05) is 12.1 Å². The Hall–Kier alpha value is -2.14. The lowest BCUT2D eigenvalue weighted by atomic mass is 10.1. The molecule has 102 valence electrons. The maximum absolute atomic E-state index is 11.6. The number of hydrogen-bond acceptors (Lipinski definition) is 5. The number of ether oxygens (including phenoxy) is 2. The Kier molecular flexibility index (Phi) is 3.06. The SMILES string of the molecule is COc1c2ccncc2c(OC)c2sc(C(C)=O)cc12. The number of aromatic nitrogens is 1. The number of pyridine rings is 1. The highest BCUT2D eigenvalue weighted by molar-refractivity contribution is 7.21. The summed E-state index contributed by atoms with van der Waals surface area (Å²) in [7, 11) is 3.26. The molecule has 0 unspecified atom stereocenters. The Balaban J connectivity index is 2.54. The normalized spacial score (nSPS) is 10.9. The smallest absolute Gasteiger partial charge is 0.169 e. The molecule has 5 heteroatoms. The van der Waals surface area contributed by atoms with Gasteiger partial charge in [0.2, 0.25) is 0 Å². The molecule has 0 amide bonds. The summed E-state index contributed by atoms with van der Waals surface area (Å²) in [6.45, 7) is 1.56. The first-order chi connectivity index (χ1) is 9.67. The van der Waals surface area contributed by atoms with Crippen LogP contribution in [-0.2, 0) is 0 Å². The van der Waals surface area contributed by atoms with E-state index in [0.29, 0.717) is 4.88 Å². The third kappa shape index (κ3) is 1.74. The molecule has 0 aliphatic rings. The van der Waals surface area contributed by atoms with E-state index in [1.54, 1.807) is 33.5 Å². The van der Waals surface area contributed by atoms with Crippen LogP contribution in [0.5, 0.6) is 11.5 Å². The van der Waals surface area contributed by atoms with Crippen molar-refractivity contribution in [1.82, 2.24) is 4.98 Å². The second-order valence-corrected chi connectivity index (χ2v) is 5.45. The summed E-state index contributed by atoms with van der Waals surface area (Å²) < 4.78 is 12.0. The van der Waals surface area contributed by atoms with Crippen molar-refractivity contribution in [3.8, 4) is 11.5 Å². The maximum atomic E-state index is 11.6. The molecule has 0 bridgehead atoms. The second kappa shape index (κ2) is 4.76. The fourth-order valence-electron chi connectivity index (χ4n) is 2.37. The Morgan fingerprint density at radius 1 is 1.15 bits per heavy atom. The number of fused-ring (bicyclic) bond motifs is 2. The predicted molar refractivity (Wildman–Crippen MR) is 80.2 cm³/mol. The van der Waals surface area contributed by atoms with Gasteiger partial charge in [0.15, 0.2) is 5.78 Å². The third-order valence-corrected chi connectivity index (χ3v) is 4.48. The molecular formula is C15H13NO3S. The van der Waals surface area contributed by atoms with E-state index >= 15 is 0 Å². The zero-order chi connectivity index (χ0) is 14.3. The quantitative estimate of drug-likeness (QED) is 0.690. The summed E-state index contributed by atoms with van der Waals surface area (Å²) >= 11 is 1.42. The van der Waals surface area contributed by atoms with Crippen LogP contribution in [-0.4, -0.2) is 25.0 Å². The molecule has 4 nitrogen and oxygen atoms in total. The number of carbonyl (C=O) groups excluding carboxylic acids is 1. The average molecular weight is 287 g/mol. The lowest BCUT2D eigenvalue weighted by Gasteiger charge is -2.11. The lowest BCUT2D eigenvalue weighted by molar-refractivity contribution is 0.102. The van der Waals surface area contributed by atoms with E-state index in [4.69, 9.17) is 9.47 Å². The lowest BCUT2D eigenvalue weighted by Crippen LogP contribution is -1.91. The number of carbonyl (C=O) groups is 1. The van der Waals surface area contributed by atoms with E-state index in [2.05, 4.69) is 4.98 Å². The van der Waals surface area contributed by atoms with Crippen LogP contribution in [0.25, 0.3) is 20.9 Å². The van der Waals surface area contributed by atoms with Crippen molar-refractivity contribution < 1.29 is 14.3 Å². The Bertz CT molecular complexity index is 762. The zero-order valence-corrected chi connectivity index (χ0v) is 12.2. The number of hydrogen-bond donors (Lipinski definition) is 0. The van der Waals surface area contributed by atoms with Gasteiger partial charge in [0.05, 0.1) is 23.8 Å².